The van der Waals surface area contributed by atoms with Gasteiger partial charge in [-0.25, -0.2) is 13.8 Å². The highest BCUT2D eigenvalue weighted by atomic mass is 35.5. The van der Waals surface area contributed by atoms with Crippen molar-refractivity contribution in [3.63, 3.8) is 0 Å². The molecule has 188 valence electrons. The van der Waals surface area contributed by atoms with Crippen LogP contribution in [0.15, 0.2) is 42.6 Å². The van der Waals surface area contributed by atoms with E-state index in [1.807, 2.05) is 4.90 Å². The predicted molar refractivity (Wildman–Crippen MR) is 126 cm³/mol. The fourth-order valence-corrected chi connectivity index (χ4v) is 3.60. The minimum atomic E-state index is -3.85. The molecule has 13 heteroatoms. The summed E-state index contributed by atoms with van der Waals surface area (Å²) in [5.41, 5.74) is 3.35. The monoisotopic (exact) mass is 514 g/mol. The number of nitrogens with two attached hydrogens (primary N) is 1. The summed E-state index contributed by atoms with van der Waals surface area (Å²) in [6.45, 7) is 1.40. The summed E-state index contributed by atoms with van der Waals surface area (Å²) in [6.07, 6.45) is 1.29. The first-order valence-corrected chi connectivity index (χ1v) is 10.8. The molecule has 0 saturated carbocycles. The Labute approximate surface area is 203 Å². The van der Waals surface area contributed by atoms with E-state index < -0.39 is 17.9 Å². The van der Waals surface area contributed by atoms with E-state index in [9.17, 15) is 22.4 Å². The number of nitrogens with one attached hydrogen (secondary N) is 2. The Morgan fingerprint density at radius 2 is 1.91 bits per heavy atom. The van der Waals surface area contributed by atoms with Gasteiger partial charge in [-0.3, -0.25) is 9.69 Å². The lowest BCUT2D eigenvalue weighted by atomic mass is 10.1. The molecule has 0 radical (unpaired) electrons. The Morgan fingerprint density at radius 3 is 2.49 bits per heavy atom. The van der Waals surface area contributed by atoms with Crippen molar-refractivity contribution in [1.82, 2.24) is 9.88 Å². The van der Waals surface area contributed by atoms with Crippen LogP contribution in [0.4, 0.5) is 29.1 Å². The molecule has 1 aromatic heterocycles. The van der Waals surface area contributed by atoms with Crippen LogP contribution in [0.5, 0.6) is 5.75 Å². The summed E-state index contributed by atoms with van der Waals surface area (Å²) >= 11 is 4.73. The third-order valence-corrected chi connectivity index (χ3v) is 5.19. The lowest BCUT2D eigenvalue weighted by Crippen LogP contribution is -2.48. The molecule has 0 unspecified atom stereocenters. The molecule has 4 N–H and O–H groups in total. The summed E-state index contributed by atoms with van der Waals surface area (Å²) in [4.78, 5) is 20.7. The number of alkyl halides is 5. The summed E-state index contributed by atoms with van der Waals surface area (Å²) in [5.74, 6) is -0.252. The molecule has 35 heavy (non-hydrogen) atoms. The third kappa shape index (κ3) is 7.55. The zero-order valence-corrected chi connectivity index (χ0v) is 19.1. The maximum Gasteiger partial charge on any atom is 0.487 e. The number of aromatic nitrogens is 1. The molecule has 1 saturated heterocycles. The van der Waals surface area contributed by atoms with Crippen LogP contribution in [-0.2, 0) is 0 Å². The number of ether oxygens (including phenoxy) is 1. The van der Waals surface area contributed by atoms with Gasteiger partial charge >= 0.3 is 5.57 Å². The fourth-order valence-electron chi connectivity index (χ4n) is 3.51. The van der Waals surface area contributed by atoms with Gasteiger partial charge < -0.3 is 26.1 Å². The van der Waals surface area contributed by atoms with Crippen molar-refractivity contribution in [2.75, 3.05) is 42.9 Å². The molecule has 0 aliphatic carbocycles. The molecule has 1 aromatic carbocycles. The maximum atomic E-state index is 12.8. The number of anilines is 2. The average Bonchev–Trinajstić information content (AvgIpc) is 2.79. The van der Waals surface area contributed by atoms with Gasteiger partial charge in [0.25, 0.3) is 12.3 Å². The maximum absolute atomic E-state index is 12.8. The number of carbonyl (C=O) groups excluding carboxylic acids is 1. The molecule has 1 amide bonds. The standard InChI is InChI=1S/C22H23ClF4N6O2/c23-22(26,27)35-16-3-1-15(2-4-16)31-21(34)14-11-17(18(29)5-6-28)20(30-12-14)33-9-7-32(8-10-33)13-19(24)25/h1-6,11-12,19,28H,7-10,13,29H2,(H,31,34)/b18-5-,28-6?. The van der Waals surface area contributed by atoms with Crippen molar-refractivity contribution < 1.29 is 27.1 Å². The Bertz CT molecular complexity index is 1070. The predicted octanol–water partition coefficient (Wildman–Crippen LogP) is 3.84. The summed E-state index contributed by atoms with van der Waals surface area (Å²) < 4.78 is 55.0. The van der Waals surface area contributed by atoms with Crippen LogP contribution in [0.1, 0.15) is 15.9 Å². The highest BCUT2D eigenvalue weighted by molar-refractivity contribution is 6.20. The van der Waals surface area contributed by atoms with Crippen LogP contribution in [0.25, 0.3) is 5.70 Å². The quantitative estimate of drug-likeness (QED) is 0.267. The first-order valence-electron chi connectivity index (χ1n) is 10.4. The lowest BCUT2D eigenvalue weighted by molar-refractivity contribution is -0.0964. The van der Waals surface area contributed by atoms with Gasteiger partial charge in [-0.05, 0) is 36.4 Å². The first-order chi connectivity index (χ1) is 16.6. The molecule has 2 heterocycles. The zero-order chi connectivity index (χ0) is 25.6. The lowest BCUT2D eigenvalue weighted by Gasteiger charge is -2.36. The number of rotatable bonds is 9. The van der Waals surface area contributed by atoms with Gasteiger partial charge in [0.15, 0.2) is 0 Å². The summed E-state index contributed by atoms with van der Waals surface area (Å²) in [5, 5.41) is 9.93. The molecular formula is C22H23ClF4N6O2. The van der Waals surface area contributed by atoms with Gasteiger partial charge in [0.05, 0.1) is 12.1 Å². The van der Waals surface area contributed by atoms with E-state index in [-0.39, 0.29) is 23.6 Å². The summed E-state index contributed by atoms with van der Waals surface area (Å²) in [6, 6.07) is 6.68. The second kappa shape index (κ2) is 11.4. The molecule has 1 aliphatic rings. The van der Waals surface area contributed by atoms with E-state index >= 15 is 0 Å². The van der Waals surface area contributed by atoms with Gasteiger partial charge in [0, 0.05) is 67.1 Å². The van der Waals surface area contributed by atoms with E-state index in [0.717, 1.165) is 6.21 Å². The van der Waals surface area contributed by atoms with Crippen molar-refractivity contribution in [2.24, 2.45) is 5.73 Å². The molecule has 0 atom stereocenters. The van der Waals surface area contributed by atoms with Crippen LogP contribution >= 0.6 is 11.6 Å². The largest absolute Gasteiger partial charge is 0.487 e. The van der Waals surface area contributed by atoms with E-state index in [0.29, 0.717) is 43.2 Å². The smallest absolute Gasteiger partial charge is 0.420 e. The first kappa shape index (κ1) is 26.2. The molecule has 2 aromatic rings. The Hall–Kier alpha value is -3.38. The van der Waals surface area contributed by atoms with Gasteiger partial charge in [-0.2, -0.15) is 0 Å². The van der Waals surface area contributed by atoms with Crippen molar-refractivity contribution >= 4 is 40.9 Å². The minimum Gasteiger partial charge on any atom is -0.420 e. The van der Waals surface area contributed by atoms with Crippen LogP contribution in [0, 0.1) is 5.41 Å². The number of halogens is 5. The molecule has 3 rings (SSSR count). The van der Waals surface area contributed by atoms with Crippen LogP contribution in [-0.4, -0.2) is 66.7 Å². The number of piperazine rings is 1. The van der Waals surface area contributed by atoms with Crippen LogP contribution in [0.2, 0.25) is 0 Å². The normalized spacial score (nSPS) is 15.3. The molecule has 0 spiro atoms. The van der Waals surface area contributed by atoms with Crippen molar-refractivity contribution in [1.29, 1.82) is 5.41 Å². The Kier molecular flexibility index (Phi) is 8.52. The topological polar surface area (TPSA) is 108 Å². The molecule has 8 nitrogen and oxygen atoms in total. The van der Waals surface area contributed by atoms with Crippen molar-refractivity contribution in [3.05, 3.63) is 53.7 Å². The molecule has 1 aliphatic heterocycles. The van der Waals surface area contributed by atoms with Crippen molar-refractivity contribution in [3.8, 4) is 5.75 Å². The zero-order valence-electron chi connectivity index (χ0n) is 18.4. The minimum absolute atomic E-state index is 0.161. The number of nitrogens with zero attached hydrogens (tertiary/aromatic N) is 3. The number of hydrogen-bond acceptors (Lipinski definition) is 7. The number of allylic oxidation sites excluding steroid dienone is 1. The van der Waals surface area contributed by atoms with Crippen LogP contribution in [0.3, 0.4) is 0 Å². The van der Waals surface area contributed by atoms with Gasteiger partial charge in [-0.15, -0.1) is 8.78 Å². The summed E-state index contributed by atoms with van der Waals surface area (Å²) in [7, 11) is 0. The van der Waals surface area contributed by atoms with E-state index in [2.05, 4.69) is 15.0 Å². The molecular weight excluding hydrogens is 492 g/mol. The molecule has 1 fully saturated rings. The van der Waals surface area contributed by atoms with Crippen molar-refractivity contribution in [2.45, 2.75) is 12.0 Å². The number of carbonyl (C=O) groups is 1. The number of pyridine rings is 1. The number of amides is 1. The van der Waals surface area contributed by atoms with E-state index in [4.69, 9.17) is 22.7 Å². The Morgan fingerprint density at radius 1 is 1.26 bits per heavy atom. The van der Waals surface area contributed by atoms with E-state index in [1.54, 1.807) is 4.90 Å². The highest BCUT2D eigenvalue weighted by Crippen LogP contribution is 2.27. The number of benzene rings is 1. The average molecular weight is 515 g/mol. The van der Waals surface area contributed by atoms with Gasteiger partial charge in [-0.1, -0.05) is 0 Å². The number of hydrogen-bond donors (Lipinski definition) is 3. The fraction of sp³-hybridized carbons (Fsp3) is 0.318. The second-order valence-electron chi connectivity index (χ2n) is 7.59. The van der Waals surface area contributed by atoms with Gasteiger partial charge in [0.2, 0.25) is 0 Å². The second-order valence-corrected chi connectivity index (χ2v) is 8.03. The SMILES string of the molecule is N=C/C=C(\N)c1cc(C(=O)Nc2ccc(OC(F)(F)Cl)cc2)cnc1N1CCN(CC(F)F)CC1. The third-order valence-electron chi connectivity index (χ3n) is 5.12. The van der Waals surface area contributed by atoms with Crippen LogP contribution < -0.4 is 20.7 Å². The van der Waals surface area contributed by atoms with Gasteiger partial charge in [0.1, 0.15) is 11.6 Å². The van der Waals surface area contributed by atoms with E-state index in [1.165, 1.54) is 42.6 Å². The Balaban J connectivity index is 1.77. The highest BCUT2D eigenvalue weighted by Gasteiger charge is 2.27. The molecule has 0 bridgehead atoms.